The first-order valence-electron chi connectivity index (χ1n) is 8.09. The van der Waals surface area contributed by atoms with E-state index < -0.39 is 5.97 Å². The van der Waals surface area contributed by atoms with Crippen molar-refractivity contribution in [3.8, 4) is 0 Å². The number of nitrogens with one attached hydrogen (secondary N) is 1. The molecule has 3 rings (SSSR count). The highest BCUT2D eigenvalue weighted by molar-refractivity contribution is 6.00. The van der Waals surface area contributed by atoms with E-state index in [1.807, 2.05) is 31.2 Å². The van der Waals surface area contributed by atoms with Crippen molar-refractivity contribution in [1.29, 1.82) is 0 Å². The van der Waals surface area contributed by atoms with Crippen molar-refractivity contribution >= 4 is 29.0 Å². The smallest absolute Gasteiger partial charge is 0.335 e. The zero-order valence-corrected chi connectivity index (χ0v) is 13.9. The monoisotopic (exact) mass is 337 g/mol. The number of hydrogen-bond donors (Lipinski definition) is 2. The van der Waals surface area contributed by atoms with Gasteiger partial charge in [-0.25, -0.2) is 4.79 Å². The van der Waals surface area contributed by atoms with Crippen LogP contribution in [0.25, 0.3) is 0 Å². The van der Waals surface area contributed by atoms with Gasteiger partial charge in [0.25, 0.3) is 0 Å². The number of carboxylic acids is 1. The molecular formula is C19H19N3O3. The van der Waals surface area contributed by atoms with Crippen molar-refractivity contribution in [2.75, 3.05) is 16.9 Å². The first kappa shape index (κ1) is 16.7. The Morgan fingerprint density at radius 2 is 1.72 bits per heavy atom. The number of carbonyl (C=O) groups is 2. The molecule has 1 aliphatic heterocycles. The Kier molecular flexibility index (Phi) is 4.79. The van der Waals surface area contributed by atoms with E-state index >= 15 is 0 Å². The number of amides is 1. The van der Waals surface area contributed by atoms with Gasteiger partial charge in [0, 0.05) is 18.7 Å². The summed E-state index contributed by atoms with van der Waals surface area (Å²) in [5.74, 6) is -0.785. The van der Waals surface area contributed by atoms with Crippen LogP contribution in [-0.4, -0.2) is 29.2 Å². The molecular weight excluding hydrogens is 318 g/mol. The Labute approximate surface area is 145 Å². The lowest BCUT2D eigenvalue weighted by Crippen LogP contribution is -2.23. The van der Waals surface area contributed by atoms with Crippen LogP contribution in [0.3, 0.4) is 0 Å². The number of anilines is 2. The molecule has 2 N–H and O–H groups in total. The number of benzene rings is 2. The summed E-state index contributed by atoms with van der Waals surface area (Å²) in [6.45, 7) is 2.66. The van der Waals surface area contributed by atoms with Crippen molar-refractivity contribution in [3.63, 3.8) is 0 Å². The molecule has 0 aliphatic carbocycles. The topological polar surface area (TPSA) is 82.0 Å². The van der Waals surface area contributed by atoms with Crippen molar-refractivity contribution in [2.24, 2.45) is 5.10 Å². The average molecular weight is 337 g/mol. The van der Waals surface area contributed by atoms with Crippen LogP contribution in [-0.2, 0) is 4.79 Å². The van der Waals surface area contributed by atoms with Gasteiger partial charge in [-0.05, 0) is 55.3 Å². The van der Waals surface area contributed by atoms with Crippen molar-refractivity contribution in [3.05, 3.63) is 59.7 Å². The molecule has 0 bridgehead atoms. The standard InChI is InChI=1S/C19H19N3O3/c1-13(20-21-16-8-4-15(5-9-16)19(24)25)14-6-10-17(11-7-14)22-12-2-3-18(22)23/h4-11,21H,2-3,12H2,1H3,(H,24,25)/b20-13-. The van der Waals surface area contributed by atoms with E-state index in [1.54, 1.807) is 17.0 Å². The predicted octanol–water partition coefficient (Wildman–Crippen LogP) is 3.35. The minimum atomic E-state index is -0.956. The largest absolute Gasteiger partial charge is 0.478 e. The maximum absolute atomic E-state index is 11.8. The lowest BCUT2D eigenvalue weighted by Gasteiger charge is -2.15. The molecule has 1 saturated heterocycles. The number of carboxylic acid groups (broad SMARTS) is 1. The Morgan fingerprint density at radius 1 is 1.08 bits per heavy atom. The third kappa shape index (κ3) is 3.85. The highest BCUT2D eigenvalue weighted by atomic mass is 16.4. The molecule has 25 heavy (non-hydrogen) atoms. The quantitative estimate of drug-likeness (QED) is 0.647. The van der Waals surface area contributed by atoms with Gasteiger partial charge in [0.05, 0.1) is 17.0 Å². The van der Waals surface area contributed by atoms with E-state index in [9.17, 15) is 9.59 Å². The molecule has 1 fully saturated rings. The third-order valence-corrected chi connectivity index (χ3v) is 4.15. The Morgan fingerprint density at radius 3 is 2.28 bits per heavy atom. The third-order valence-electron chi connectivity index (χ3n) is 4.15. The van der Waals surface area contributed by atoms with Gasteiger partial charge in [0.1, 0.15) is 0 Å². The van der Waals surface area contributed by atoms with Gasteiger partial charge in [-0.3, -0.25) is 10.2 Å². The molecule has 0 aromatic heterocycles. The summed E-state index contributed by atoms with van der Waals surface area (Å²) in [5.41, 5.74) is 6.52. The minimum absolute atomic E-state index is 0.171. The Hall–Kier alpha value is -3.15. The van der Waals surface area contributed by atoms with E-state index in [-0.39, 0.29) is 11.5 Å². The molecule has 0 atom stereocenters. The molecule has 0 unspecified atom stereocenters. The normalized spacial score (nSPS) is 14.7. The fourth-order valence-corrected chi connectivity index (χ4v) is 2.70. The second kappa shape index (κ2) is 7.17. The summed E-state index contributed by atoms with van der Waals surface area (Å²) < 4.78 is 0. The van der Waals surface area contributed by atoms with E-state index in [0.29, 0.717) is 12.1 Å². The van der Waals surface area contributed by atoms with Crippen LogP contribution in [0.2, 0.25) is 0 Å². The molecule has 1 aliphatic rings. The van der Waals surface area contributed by atoms with Gasteiger partial charge < -0.3 is 10.0 Å². The van der Waals surface area contributed by atoms with E-state index in [2.05, 4.69) is 10.5 Å². The molecule has 0 saturated carbocycles. The van der Waals surface area contributed by atoms with Gasteiger partial charge in [-0.1, -0.05) is 12.1 Å². The zero-order chi connectivity index (χ0) is 17.8. The van der Waals surface area contributed by atoms with Gasteiger partial charge in [0.15, 0.2) is 0 Å². The number of carbonyl (C=O) groups excluding carboxylic acids is 1. The Bertz CT molecular complexity index is 811. The second-order valence-corrected chi connectivity index (χ2v) is 5.89. The summed E-state index contributed by atoms with van der Waals surface area (Å²) in [5, 5.41) is 13.2. The first-order valence-corrected chi connectivity index (χ1v) is 8.09. The zero-order valence-electron chi connectivity index (χ0n) is 13.9. The minimum Gasteiger partial charge on any atom is -0.478 e. The molecule has 128 valence electrons. The summed E-state index contributed by atoms with van der Waals surface area (Å²) in [6.07, 6.45) is 1.53. The molecule has 6 heteroatoms. The molecule has 0 spiro atoms. The summed E-state index contributed by atoms with van der Waals surface area (Å²) in [7, 11) is 0. The van der Waals surface area contributed by atoms with Gasteiger partial charge in [-0.15, -0.1) is 0 Å². The van der Waals surface area contributed by atoms with Crippen LogP contribution in [0.1, 0.15) is 35.7 Å². The maximum atomic E-state index is 11.8. The lowest BCUT2D eigenvalue weighted by molar-refractivity contribution is -0.117. The number of hydrazone groups is 1. The number of rotatable bonds is 5. The summed E-state index contributed by atoms with van der Waals surface area (Å²) in [4.78, 5) is 24.4. The van der Waals surface area contributed by atoms with Crippen molar-refractivity contribution in [1.82, 2.24) is 0 Å². The van der Waals surface area contributed by atoms with Gasteiger partial charge in [-0.2, -0.15) is 5.10 Å². The summed E-state index contributed by atoms with van der Waals surface area (Å²) in [6, 6.07) is 14.1. The second-order valence-electron chi connectivity index (χ2n) is 5.89. The van der Waals surface area contributed by atoms with Crippen molar-refractivity contribution in [2.45, 2.75) is 19.8 Å². The molecule has 2 aromatic carbocycles. The fourth-order valence-electron chi connectivity index (χ4n) is 2.70. The van der Waals surface area contributed by atoms with Gasteiger partial charge in [0.2, 0.25) is 5.91 Å². The molecule has 1 heterocycles. The molecule has 2 aromatic rings. The van der Waals surface area contributed by atoms with E-state index in [0.717, 1.165) is 29.9 Å². The van der Waals surface area contributed by atoms with Crippen LogP contribution in [0.4, 0.5) is 11.4 Å². The first-order chi connectivity index (χ1) is 12.0. The average Bonchev–Trinajstić information content (AvgIpc) is 3.06. The van der Waals surface area contributed by atoms with Crippen LogP contribution in [0.5, 0.6) is 0 Å². The summed E-state index contributed by atoms with van der Waals surface area (Å²) >= 11 is 0. The molecule has 1 amide bonds. The van der Waals surface area contributed by atoms with Crippen LogP contribution in [0.15, 0.2) is 53.6 Å². The Balaban J connectivity index is 1.67. The van der Waals surface area contributed by atoms with Gasteiger partial charge >= 0.3 is 5.97 Å². The number of nitrogens with zero attached hydrogens (tertiary/aromatic N) is 2. The predicted molar refractivity (Wildman–Crippen MR) is 97.3 cm³/mol. The lowest BCUT2D eigenvalue weighted by atomic mass is 10.1. The van der Waals surface area contributed by atoms with E-state index in [4.69, 9.17) is 5.11 Å². The number of hydrogen-bond acceptors (Lipinski definition) is 4. The number of aromatic carboxylic acids is 1. The maximum Gasteiger partial charge on any atom is 0.335 e. The fraction of sp³-hybridized carbons (Fsp3) is 0.211. The van der Waals surface area contributed by atoms with Crippen LogP contribution >= 0.6 is 0 Å². The highest BCUT2D eigenvalue weighted by Gasteiger charge is 2.21. The SMILES string of the molecule is C/C(=N/Nc1ccc(C(=O)O)cc1)c1ccc(N2CCCC2=O)cc1. The van der Waals surface area contributed by atoms with Crippen molar-refractivity contribution < 1.29 is 14.7 Å². The van der Waals surface area contributed by atoms with E-state index in [1.165, 1.54) is 12.1 Å². The highest BCUT2D eigenvalue weighted by Crippen LogP contribution is 2.21. The van der Waals surface area contributed by atoms with Crippen LogP contribution in [0, 0.1) is 0 Å². The van der Waals surface area contributed by atoms with Crippen LogP contribution < -0.4 is 10.3 Å². The molecule has 0 radical (unpaired) electrons. The molecule has 6 nitrogen and oxygen atoms in total.